The highest BCUT2D eigenvalue weighted by molar-refractivity contribution is 5.82. The zero-order chi connectivity index (χ0) is 10.3. The number of Topliss-reactive ketones (excluding diaryl/α,β-unsaturated/α-hetero) is 1. The van der Waals surface area contributed by atoms with E-state index in [0.717, 1.165) is 5.56 Å². The topological polar surface area (TPSA) is 17.1 Å². The average molecular weight is 178 g/mol. The minimum Gasteiger partial charge on any atom is -0.299 e. The molecule has 1 rings (SSSR count). The predicted octanol–water partition coefficient (Wildman–Crippen LogP) is 3.41. The van der Waals surface area contributed by atoms with Gasteiger partial charge in [0, 0.05) is 5.92 Å². The minimum absolute atomic E-state index is 0.0381. The van der Waals surface area contributed by atoms with Crippen LogP contribution >= 0.6 is 0 Å². The lowest BCUT2D eigenvalue weighted by Gasteiger charge is -2.05. The first-order valence-electron chi connectivity index (χ1n) is 4.77. The highest BCUT2D eigenvalue weighted by Crippen LogP contribution is 2.14. The quantitative estimate of drug-likeness (QED) is 0.678. The van der Waals surface area contributed by atoms with E-state index in [9.17, 15) is 4.79 Å². The SMILES string of the molecule is CC.CC(=O)C(C)c1ccccc1. The number of rotatable bonds is 2. The van der Waals surface area contributed by atoms with Crippen molar-refractivity contribution in [2.24, 2.45) is 0 Å². The molecule has 0 heterocycles. The molecule has 1 heteroatoms. The Kier molecular flexibility index (Phi) is 5.86. The van der Waals surface area contributed by atoms with E-state index in [1.165, 1.54) is 0 Å². The largest absolute Gasteiger partial charge is 0.299 e. The summed E-state index contributed by atoms with van der Waals surface area (Å²) >= 11 is 0. The summed E-state index contributed by atoms with van der Waals surface area (Å²) in [5.41, 5.74) is 1.10. The van der Waals surface area contributed by atoms with E-state index < -0.39 is 0 Å². The number of ketones is 1. The van der Waals surface area contributed by atoms with Gasteiger partial charge in [-0.2, -0.15) is 0 Å². The van der Waals surface area contributed by atoms with Gasteiger partial charge in [0.2, 0.25) is 0 Å². The third-order valence-corrected chi connectivity index (χ3v) is 1.91. The lowest BCUT2D eigenvalue weighted by Crippen LogP contribution is -2.03. The molecular formula is C12H18O. The Morgan fingerprint density at radius 2 is 1.62 bits per heavy atom. The first-order chi connectivity index (χ1) is 6.22. The fraction of sp³-hybridized carbons (Fsp3) is 0.417. The van der Waals surface area contributed by atoms with Crippen molar-refractivity contribution in [2.45, 2.75) is 33.6 Å². The van der Waals surface area contributed by atoms with Gasteiger partial charge in [-0.1, -0.05) is 51.1 Å². The molecule has 13 heavy (non-hydrogen) atoms. The summed E-state index contributed by atoms with van der Waals surface area (Å²) < 4.78 is 0. The molecular weight excluding hydrogens is 160 g/mol. The summed E-state index contributed by atoms with van der Waals surface area (Å²) in [5, 5.41) is 0. The van der Waals surface area contributed by atoms with E-state index in [4.69, 9.17) is 0 Å². The van der Waals surface area contributed by atoms with E-state index in [2.05, 4.69) is 0 Å². The number of hydrogen-bond acceptors (Lipinski definition) is 1. The van der Waals surface area contributed by atoms with E-state index in [1.807, 2.05) is 51.1 Å². The van der Waals surface area contributed by atoms with Gasteiger partial charge in [-0.05, 0) is 12.5 Å². The number of benzene rings is 1. The highest BCUT2D eigenvalue weighted by atomic mass is 16.1. The van der Waals surface area contributed by atoms with Crippen molar-refractivity contribution in [3.8, 4) is 0 Å². The van der Waals surface area contributed by atoms with Gasteiger partial charge in [0.15, 0.2) is 0 Å². The fourth-order valence-corrected chi connectivity index (χ4v) is 0.976. The van der Waals surface area contributed by atoms with Crippen LogP contribution in [-0.2, 0) is 4.79 Å². The van der Waals surface area contributed by atoms with Crippen molar-refractivity contribution in [3.63, 3.8) is 0 Å². The molecule has 1 unspecified atom stereocenters. The van der Waals surface area contributed by atoms with Crippen LogP contribution in [-0.4, -0.2) is 5.78 Å². The maximum absolute atomic E-state index is 10.9. The molecule has 0 radical (unpaired) electrons. The highest BCUT2D eigenvalue weighted by Gasteiger charge is 2.08. The monoisotopic (exact) mass is 178 g/mol. The Morgan fingerprint density at radius 1 is 1.15 bits per heavy atom. The first-order valence-corrected chi connectivity index (χ1v) is 4.77. The Hall–Kier alpha value is -1.11. The van der Waals surface area contributed by atoms with Crippen LogP contribution < -0.4 is 0 Å². The smallest absolute Gasteiger partial charge is 0.136 e. The van der Waals surface area contributed by atoms with Crippen molar-refractivity contribution < 1.29 is 4.79 Å². The van der Waals surface area contributed by atoms with Crippen molar-refractivity contribution in [2.75, 3.05) is 0 Å². The Labute approximate surface area is 80.8 Å². The average Bonchev–Trinajstić information content (AvgIpc) is 2.21. The zero-order valence-corrected chi connectivity index (χ0v) is 8.87. The summed E-state index contributed by atoms with van der Waals surface area (Å²) in [4.78, 5) is 10.9. The number of hydrogen-bond donors (Lipinski definition) is 0. The summed E-state index contributed by atoms with van der Waals surface area (Å²) in [6, 6.07) is 9.82. The maximum atomic E-state index is 10.9. The lowest BCUT2D eigenvalue weighted by molar-refractivity contribution is -0.118. The van der Waals surface area contributed by atoms with Gasteiger partial charge in [0.1, 0.15) is 5.78 Å². The van der Waals surface area contributed by atoms with Crippen LogP contribution in [0.2, 0.25) is 0 Å². The normalized spacial score (nSPS) is 11.1. The molecule has 0 aliphatic rings. The standard InChI is InChI=1S/C10H12O.C2H6/c1-8(9(2)11)10-6-4-3-5-7-10;1-2/h3-8H,1-2H3;1-2H3. The van der Waals surface area contributed by atoms with Crippen molar-refractivity contribution in [1.82, 2.24) is 0 Å². The molecule has 1 aromatic carbocycles. The second-order valence-corrected chi connectivity index (χ2v) is 2.74. The van der Waals surface area contributed by atoms with E-state index in [0.29, 0.717) is 0 Å². The minimum atomic E-state index is 0.0381. The van der Waals surface area contributed by atoms with Crippen molar-refractivity contribution in [1.29, 1.82) is 0 Å². The number of carbonyl (C=O) groups is 1. The van der Waals surface area contributed by atoms with Gasteiger partial charge in [-0.15, -0.1) is 0 Å². The van der Waals surface area contributed by atoms with Crippen LogP contribution in [0.5, 0.6) is 0 Å². The molecule has 0 bridgehead atoms. The predicted molar refractivity (Wildman–Crippen MR) is 56.9 cm³/mol. The van der Waals surface area contributed by atoms with E-state index in [1.54, 1.807) is 6.92 Å². The zero-order valence-electron chi connectivity index (χ0n) is 8.87. The molecule has 0 amide bonds. The van der Waals surface area contributed by atoms with Gasteiger partial charge in [0.05, 0.1) is 0 Å². The summed E-state index contributed by atoms with van der Waals surface area (Å²) in [5.74, 6) is 0.257. The Balaban J connectivity index is 0.000000671. The second kappa shape index (κ2) is 6.41. The molecule has 0 fully saturated rings. The summed E-state index contributed by atoms with van der Waals surface area (Å²) in [6.07, 6.45) is 0. The summed E-state index contributed by atoms with van der Waals surface area (Å²) in [6.45, 7) is 7.55. The van der Waals surface area contributed by atoms with Crippen LogP contribution in [0.1, 0.15) is 39.2 Å². The lowest BCUT2D eigenvalue weighted by atomic mass is 9.98. The van der Waals surface area contributed by atoms with Crippen LogP contribution in [0.25, 0.3) is 0 Å². The van der Waals surface area contributed by atoms with E-state index >= 15 is 0 Å². The third kappa shape index (κ3) is 3.88. The van der Waals surface area contributed by atoms with Crippen molar-refractivity contribution in [3.05, 3.63) is 35.9 Å². The molecule has 1 aromatic rings. The summed E-state index contributed by atoms with van der Waals surface area (Å²) in [7, 11) is 0. The molecule has 72 valence electrons. The van der Waals surface area contributed by atoms with Gasteiger partial charge >= 0.3 is 0 Å². The molecule has 0 aromatic heterocycles. The molecule has 0 saturated carbocycles. The molecule has 0 aliphatic carbocycles. The first kappa shape index (κ1) is 11.9. The molecule has 0 saturated heterocycles. The van der Waals surface area contributed by atoms with Gasteiger partial charge in [-0.25, -0.2) is 0 Å². The maximum Gasteiger partial charge on any atom is 0.136 e. The van der Waals surface area contributed by atoms with Gasteiger partial charge in [0.25, 0.3) is 0 Å². The van der Waals surface area contributed by atoms with Gasteiger partial charge in [-0.3, -0.25) is 4.79 Å². The third-order valence-electron chi connectivity index (χ3n) is 1.91. The molecule has 0 spiro atoms. The second-order valence-electron chi connectivity index (χ2n) is 2.74. The van der Waals surface area contributed by atoms with Crippen LogP contribution in [0.4, 0.5) is 0 Å². The van der Waals surface area contributed by atoms with Crippen LogP contribution in [0, 0.1) is 0 Å². The van der Waals surface area contributed by atoms with Gasteiger partial charge < -0.3 is 0 Å². The Bertz CT molecular complexity index is 239. The molecule has 0 N–H and O–H groups in total. The van der Waals surface area contributed by atoms with E-state index in [-0.39, 0.29) is 11.7 Å². The molecule has 0 aliphatic heterocycles. The van der Waals surface area contributed by atoms with Crippen molar-refractivity contribution >= 4 is 5.78 Å². The molecule has 1 nitrogen and oxygen atoms in total. The van der Waals surface area contributed by atoms with Crippen LogP contribution in [0.15, 0.2) is 30.3 Å². The fourth-order valence-electron chi connectivity index (χ4n) is 0.976. The Morgan fingerprint density at radius 3 is 2.00 bits per heavy atom. The number of carbonyl (C=O) groups excluding carboxylic acids is 1. The van der Waals surface area contributed by atoms with Crippen LogP contribution in [0.3, 0.4) is 0 Å². The molecule has 1 atom stereocenters.